The van der Waals surface area contributed by atoms with Crippen LogP contribution in [0.25, 0.3) is 0 Å². The fraction of sp³-hybridized carbons (Fsp3) is 0.846. The van der Waals surface area contributed by atoms with Gasteiger partial charge in [-0.05, 0) is 40.5 Å². The molecule has 1 aliphatic heterocycles. The maximum absolute atomic E-state index is 12.0. The number of amides is 1. The summed E-state index contributed by atoms with van der Waals surface area (Å²) in [5.74, 6) is 0. The quantitative estimate of drug-likeness (QED) is 0.726. The largest absolute Gasteiger partial charge is 0.444 e. The van der Waals surface area contributed by atoms with E-state index in [2.05, 4.69) is 0 Å². The number of hydrogen-bond donors (Lipinski definition) is 0. The summed E-state index contributed by atoms with van der Waals surface area (Å²) >= 11 is 0. The SMILES string of the molecule is CCOC1(C=O)CCCN(C(=O)OC(C)(C)C)C1. The summed E-state index contributed by atoms with van der Waals surface area (Å²) in [5.41, 5.74) is -1.38. The molecule has 1 fully saturated rings. The molecular weight excluding hydrogens is 234 g/mol. The molecule has 1 heterocycles. The van der Waals surface area contributed by atoms with Crippen LogP contribution >= 0.6 is 0 Å². The maximum Gasteiger partial charge on any atom is 0.410 e. The van der Waals surface area contributed by atoms with Crippen molar-refractivity contribution in [3.05, 3.63) is 0 Å². The van der Waals surface area contributed by atoms with Gasteiger partial charge in [0.1, 0.15) is 11.2 Å². The zero-order valence-electron chi connectivity index (χ0n) is 11.7. The number of ether oxygens (including phenoxy) is 2. The van der Waals surface area contributed by atoms with Gasteiger partial charge in [-0.3, -0.25) is 0 Å². The molecule has 0 radical (unpaired) electrons. The molecule has 104 valence electrons. The molecule has 1 rings (SSSR count). The summed E-state index contributed by atoms with van der Waals surface area (Å²) in [7, 11) is 0. The average molecular weight is 257 g/mol. The molecule has 0 aromatic carbocycles. The Bertz CT molecular complexity index is 307. The number of piperidine rings is 1. The van der Waals surface area contributed by atoms with Crippen molar-refractivity contribution >= 4 is 12.4 Å². The van der Waals surface area contributed by atoms with Gasteiger partial charge < -0.3 is 19.2 Å². The molecule has 1 amide bonds. The van der Waals surface area contributed by atoms with Gasteiger partial charge in [-0.15, -0.1) is 0 Å². The molecule has 0 saturated carbocycles. The lowest BCUT2D eigenvalue weighted by Gasteiger charge is -2.39. The van der Waals surface area contributed by atoms with Gasteiger partial charge in [-0.25, -0.2) is 4.79 Å². The van der Waals surface area contributed by atoms with Crippen LogP contribution in [-0.4, -0.2) is 48.2 Å². The van der Waals surface area contributed by atoms with Gasteiger partial charge in [0.15, 0.2) is 6.29 Å². The fourth-order valence-corrected chi connectivity index (χ4v) is 2.07. The summed E-state index contributed by atoms with van der Waals surface area (Å²) in [6.45, 7) is 8.66. The first kappa shape index (κ1) is 15.0. The van der Waals surface area contributed by atoms with E-state index in [9.17, 15) is 9.59 Å². The van der Waals surface area contributed by atoms with E-state index < -0.39 is 11.2 Å². The van der Waals surface area contributed by atoms with Crippen LogP contribution in [0.4, 0.5) is 4.79 Å². The van der Waals surface area contributed by atoms with E-state index in [4.69, 9.17) is 9.47 Å². The molecule has 1 saturated heterocycles. The van der Waals surface area contributed by atoms with Gasteiger partial charge in [0.2, 0.25) is 0 Å². The van der Waals surface area contributed by atoms with Crippen molar-refractivity contribution in [1.82, 2.24) is 4.90 Å². The number of aldehydes is 1. The van der Waals surface area contributed by atoms with Gasteiger partial charge in [-0.1, -0.05) is 0 Å². The third-order valence-corrected chi connectivity index (χ3v) is 2.78. The Hall–Kier alpha value is -1.10. The summed E-state index contributed by atoms with van der Waals surface area (Å²) in [4.78, 5) is 24.7. The van der Waals surface area contributed by atoms with E-state index in [1.165, 1.54) is 0 Å². The van der Waals surface area contributed by atoms with Crippen molar-refractivity contribution in [3.8, 4) is 0 Å². The molecule has 0 bridgehead atoms. The number of carbonyl (C=O) groups is 2. The third kappa shape index (κ3) is 3.98. The molecule has 0 aliphatic carbocycles. The van der Waals surface area contributed by atoms with E-state index in [0.29, 0.717) is 19.6 Å². The highest BCUT2D eigenvalue weighted by Gasteiger charge is 2.39. The lowest BCUT2D eigenvalue weighted by atomic mass is 9.94. The van der Waals surface area contributed by atoms with Crippen LogP contribution in [0.5, 0.6) is 0 Å². The zero-order chi connectivity index (χ0) is 13.8. The van der Waals surface area contributed by atoms with Gasteiger partial charge >= 0.3 is 6.09 Å². The molecule has 0 aromatic rings. The van der Waals surface area contributed by atoms with Gasteiger partial charge in [0.25, 0.3) is 0 Å². The molecule has 5 nitrogen and oxygen atoms in total. The Labute approximate surface area is 108 Å². The van der Waals surface area contributed by atoms with Crippen molar-refractivity contribution < 1.29 is 19.1 Å². The minimum Gasteiger partial charge on any atom is -0.444 e. The Morgan fingerprint density at radius 1 is 1.44 bits per heavy atom. The number of hydrogen-bond acceptors (Lipinski definition) is 4. The highest BCUT2D eigenvalue weighted by molar-refractivity contribution is 5.71. The van der Waals surface area contributed by atoms with Gasteiger partial charge in [-0.2, -0.15) is 0 Å². The molecule has 1 atom stereocenters. The van der Waals surface area contributed by atoms with E-state index in [0.717, 1.165) is 12.7 Å². The maximum atomic E-state index is 12.0. The van der Waals surface area contributed by atoms with Crippen LogP contribution in [0.2, 0.25) is 0 Å². The Balaban J connectivity index is 2.68. The van der Waals surface area contributed by atoms with Gasteiger partial charge in [0.05, 0.1) is 6.54 Å². The van der Waals surface area contributed by atoms with E-state index in [1.54, 1.807) is 4.90 Å². The number of likely N-dealkylation sites (tertiary alicyclic amines) is 1. The van der Waals surface area contributed by atoms with Crippen molar-refractivity contribution in [2.45, 2.75) is 51.7 Å². The van der Waals surface area contributed by atoms with Crippen molar-refractivity contribution in [2.75, 3.05) is 19.7 Å². The predicted molar refractivity (Wildman–Crippen MR) is 67.5 cm³/mol. The summed E-state index contributed by atoms with van der Waals surface area (Å²) in [5, 5.41) is 0. The minimum absolute atomic E-state index is 0.277. The molecule has 5 heteroatoms. The first-order valence-electron chi connectivity index (χ1n) is 6.40. The smallest absolute Gasteiger partial charge is 0.410 e. The molecule has 1 aliphatic rings. The highest BCUT2D eigenvalue weighted by Crippen LogP contribution is 2.24. The van der Waals surface area contributed by atoms with Crippen LogP contribution in [-0.2, 0) is 14.3 Å². The highest BCUT2D eigenvalue weighted by atomic mass is 16.6. The molecule has 0 aromatic heterocycles. The second-order valence-corrected chi connectivity index (χ2v) is 5.62. The molecular formula is C13H23NO4. The Morgan fingerprint density at radius 2 is 2.11 bits per heavy atom. The summed E-state index contributed by atoms with van der Waals surface area (Å²) in [6.07, 6.45) is 1.84. The zero-order valence-corrected chi connectivity index (χ0v) is 11.7. The first-order valence-corrected chi connectivity index (χ1v) is 6.40. The number of rotatable bonds is 3. The summed E-state index contributed by atoms with van der Waals surface area (Å²) in [6, 6.07) is 0. The minimum atomic E-state index is -0.857. The van der Waals surface area contributed by atoms with E-state index in [1.807, 2.05) is 27.7 Å². The fourth-order valence-electron chi connectivity index (χ4n) is 2.07. The van der Waals surface area contributed by atoms with Crippen LogP contribution in [0, 0.1) is 0 Å². The van der Waals surface area contributed by atoms with Crippen molar-refractivity contribution in [3.63, 3.8) is 0 Å². The van der Waals surface area contributed by atoms with Crippen molar-refractivity contribution in [2.24, 2.45) is 0 Å². The predicted octanol–water partition coefficient (Wildman–Crippen LogP) is 1.99. The second-order valence-electron chi connectivity index (χ2n) is 5.62. The molecule has 0 spiro atoms. The van der Waals surface area contributed by atoms with Crippen LogP contribution in [0.15, 0.2) is 0 Å². The number of carbonyl (C=O) groups excluding carboxylic acids is 2. The second kappa shape index (κ2) is 5.69. The Morgan fingerprint density at radius 3 is 2.61 bits per heavy atom. The van der Waals surface area contributed by atoms with Crippen molar-refractivity contribution in [1.29, 1.82) is 0 Å². The lowest BCUT2D eigenvalue weighted by Crippen LogP contribution is -2.53. The molecule has 18 heavy (non-hydrogen) atoms. The average Bonchev–Trinajstić information content (AvgIpc) is 2.27. The Kier molecular flexibility index (Phi) is 4.73. The summed E-state index contributed by atoms with van der Waals surface area (Å²) < 4.78 is 10.8. The van der Waals surface area contributed by atoms with E-state index >= 15 is 0 Å². The van der Waals surface area contributed by atoms with Crippen LogP contribution in [0.3, 0.4) is 0 Å². The third-order valence-electron chi connectivity index (χ3n) is 2.78. The lowest BCUT2D eigenvalue weighted by molar-refractivity contribution is -0.138. The van der Waals surface area contributed by atoms with Crippen LogP contribution < -0.4 is 0 Å². The molecule has 0 N–H and O–H groups in total. The standard InChI is InChI=1S/C13H23NO4/c1-5-17-13(10-15)7-6-8-14(9-13)11(16)18-12(2,3)4/h10H,5-9H2,1-4H3. The van der Waals surface area contributed by atoms with E-state index in [-0.39, 0.29) is 12.6 Å². The topological polar surface area (TPSA) is 55.8 Å². The molecule has 1 unspecified atom stereocenters. The van der Waals surface area contributed by atoms with Gasteiger partial charge in [0, 0.05) is 13.2 Å². The normalized spacial score (nSPS) is 24.8. The van der Waals surface area contributed by atoms with Crippen LogP contribution in [0.1, 0.15) is 40.5 Å². The number of nitrogens with zero attached hydrogens (tertiary/aromatic N) is 1. The first-order chi connectivity index (χ1) is 8.32. The monoisotopic (exact) mass is 257 g/mol.